The highest BCUT2D eigenvalue weighted by Crippen LogP contribution is 2.40. The summed E-state index contributed by atoms with van der Waals surface area (Å²) in [5.41, 5.74) is 0.789. The Morgan fingerprint density at radius 1 is 1.20 bits per heavy atom. The van der Waals surface area contributed by atoms with Gasteiger partial charge in [0.05, 0.1) is 6.10 Å². The van der Waals surface area contributed by atoms with Crippen LogP contribution in [0.3, 0.4) is 0 Å². The van der Waals surface area contributed by atoms with Gasteiger partial charge in [0.15, 0.2) is 0 Å². The summed E-state index contributed by atoms with van der Waals surface area (Å²) in [5, 5.41) is 10.5. The van der Waals surface area contributed by atoms with Crippen molar-refractivity contribution in [3.05, 3.63) is 29.8 Å². The van der Waals surface area contributed by atoms with Gasteiger partial charge < -0.3 is 9.84 Å². The molecule has 1 aromatic rings. The Bertz CT molecular complexity index is 405. The first-order chi connectivity index (χ1) is 9.61. The molecule has 0 amide bonds. The number of halogens is 2. The molecule has 0 bridgehead atoms. The lowest BCUT2D eigenvalue weighted by Crippen LogP contribution is -2.25. The molecule has 0 aromatic heterocycles. The molecule has 0 radical (unpaired) electrons. The van der Waals surface area contributed by atoms with E-state index < -0.39 is 12.7 Å². The summed E-state index contributed by atoms with van der Waals surface area (Å²) in [6, 6.07) is 6.36. The fraction of sp³-hybridized carbons (Fsp3) is 0.625. The molecule has 0 spiro atoms. The zero-order valence-corrected chi connectivity index (χ0v) is 11.8. The SMILES string of the molecule is CCC1CCCCC1C(O)c1ccc(OC(F)F)cc1. The maximum absolute atomic E-state index is 12.1. The third kappa shape index (κ3) is 3.69. The molecule has 3 atom stereocenters. The highest BCUT2D eigenvalue weighted by Gasteiger charge is 2.30. The van der Waals surface area contributed by atoms with Gasteiger partial charge in [-0.1, -0.05) is 44.7 Å². The number of aliphatic hydroxyl groups excluding tert-OH is 1. The lowest BCUT2D eigenvalue weighted by atomic mass is 9.73. The number of aliphatic hydroxyl groups is 1. The number of alkyl halides is 2. The van der Waals surface area contributed by atoms with Crippen molar-refractivity contribution in [2.75, 3.05) is 0 Å². The fourth-order valence-corrected chi connectivity index (χ4v) is 3.25. The predicted molar refractivity (Wildman–Crippen MR) is 73.8 cm³/mol. The van der Waals surface area contributed by atoms with E-state index in [1.54, 1.807) is 12.1 Å². The molecule has 20 heavy (non-hydrogen) atoms. The molecule has 1 aliphatic rings. The van der Waals surface area contributed by atoms with Crippen LogP contribution >= 0.6 is 0 Å². The molecule has 0 saturated heterocycles. The van der Waals surface area contributed by atoms with Crippen molar-refractivity contribution < 1.29 is 18.6 Å². The van der Waals surface area contributed by atoms with Crippen LogP contribution in [0.5, 0.6) is 5.75 Å². The average Bonchev–Trinajstić information content (AvgIpc) is 2.46. The third-order valence-corrected chi connectivity index (χ3v) is 4.34. The van der Waals surface area contributed by atoms with Gasteiger partial charge in [-0.3, -0.25) is 0 Å². The van der Waals surface area contributed by atoms with Crippen LogP contribution in [-0.2, 0) is 0 Å². The van der Waals surface area contributed by atoms with Gasteiger partial charge in [0.2, 0.25) is 0 Å². The van der Waals surface area contributed by atoms with Crippen molar-refractivity contribution in [3.63, 3.8) is 0 Å². The molecule has 1 aliphatic carbocycles. The minimum Gasteiger partial charge on any atom is -0.435 e. The second kappa shape index (κ2) is 7.02. The number of rotatable bonds is 5. The second-order valence-electron chi connectivity index (χ2n) is 5.51. The molecule has 1 fully saturated rings. The molecule has 1 saturated carbocycles. The summed E-state index contributed by atoms with van der Waals surface area (Å²) in [6.45, 7) is -0.650. The van der Waals surface area contributed by atoms with Gasteiger partial charge in [0.1, 0.15) is 5.75 Å². The number of ether oxygens (including phenoxy) is 1. The van der Waals surface area contributed by atoms with Crippen molar-refractivity contribution >= 4 is 0 Å². The monoisotopic (exact) mass is 284 g/mol. The van der Waals surface area contributed by atoms with Gasteiger partial charge in [0.25, 0.3) is 0 Å². The van der Waals surface area contributed by atoms with Gasteiger partial charge >= 0.3 is 6.61 Å². The molecule has 2 nitrogen and oxygen atoms in total. The molecular weight excluding hydrogens is 262 g/mol. The molecule has 112 valence electrons. The minimum absolute atomic E-state index is 0.131. The van der Waals surface area contributed by atoms with Gasteiger partial charge in [-0.05, 0) is 36.0 Å². The van der Waals surface area contributed by atoms with Crippen LogP contribution in [-0.4, -0.2) is 11.7 Å². The fourth-order valence-electron chi connectivity index (χ4n) is 3.25. The number of benzene rings is 1. The molecule has 1 N–H and O–H groups in total. The van der Waals surface area contributed by atoms with Gasteiger partial charge in [-0.2, -0.15) is 8.78 Å². The molecular formula is C16H22F2O2. The Balaban J connectivity index is 2.05. The zero-order valence-electron chi connectivity index (χ0n) is 11.8. The van der Waals surface area contributed by atoms with E-state index in [0.29, 0.717) is 5.92 Å². The van der Waals surface area contributed by atoms with E-state index in [1.807, 2.05) is 0 Å². The Morgan fingerprint density at radius 3 is 2.45 bits per heavy atom. The van der Waals surface area contributed by atoms with E-state index in [-0.39, 0.29) is 11.7 Å². The first-order valence-corrected chi connectivity index (χ1v) is 7.34. The highest BCUT2D eigenvalue weighted by atomic mass is 19.3. The molecule has 2 rings (SSSR count). The van der Waals surface area contributed by atoms with Gasteiger partial charge in [-0.25, -0.2) is 0 Å². The first kappa shape index (κ1) is 15.2. The van der Waals surface area contributed by atoms with Crippen molar-refractivity contribution in [1.29, 1.82) is 0 Å². The quantitative estimate of drug-likeness (QED) is 0.860. The normalized spacial score (nSPS) is 24.6. The summed E-state index contributed by atoms with van der Waals surface area (Å²) in [4.78, 5) is 0. The minimum atomic E-state index is -2.81. The van der Waals surface area contributed by atoms with Crippen LogP contribution in [0.2, 0.25) is 0 Å². The van der Waals surface area contributed by atoms with Crippen molar-refractivity contribution in [1.82, 2.24) is 0 Å². The molecule has 4 heteroatoms. The zero-order chi connectivity index (χ0) is 14.5. The summed E-state index contributed by atoms with van der Waals surface area (Å²) in [6.07, 6.45) is 5.17. The predicted octanol–water partition coefficient (Wildman–Crippen LogP) is 4.54. The number of hydrogen-bond donors (Lipinski definition) is 1. The Labute approximate surface area is 118 Å². The summed E-state index contributed by atoms with van der Waals surface area (Å²) in [5.74, 6) is 0.956. The standard InChI is InChI=1S/C16H22F2O2/c1-2-11-5-3-4-6-14(11)15(19)12-7-9-13(10-8-12)20-16(17)18/h7-11,14-16,19H,2-6H2,1H3. The maximum atomic E-state index is 12.1. The second-order valence-corrected chi connectivity index (χ2v) is 5.51. The Hall–Kier alpha value is -1.16. The average molecular weight is 284 g/mol. The van der Waals surface area contributed by atoms with Crippen molar-refractivity contribution in [2.45, 2.75) is 51.7 Å². The topological polar surface area (TPSA) is 29.5 Å². The van der Waals surface area contributed by atoms with E-state index in [1.165, 1.54) is 25.0 Å². The summed E-state index contributed by atoms with van der Waals surface area (Å²) in [7, 11) is 0. The van der Waals surface area contributed by atoms with Gasteiger partial charge in [-0.15, -0.1) is 0 Å². The Kier molecular flexibility index (Phi) is 5.35. The van der Waals surface area contributed by atoms with Crippen LogP contribution in [0, 0.1) is 11.8 Å². The molecule has 3 unspecified atom stereocenters. The molecule has 0 aliphatic heterocycles. The van der Waals surface area contributed by atoms with E-state index in [9.17, 15) is 13.9 Å². The van der Waals surface area contributed by atoms with Crippen molar-refractivity contribution in [2.24, 2.45) is 11.8 Å². The van der Waals surface area contributed by atoms with Crippen molar-refractivity contribution in [3.8, 4) is 5.75 Å². The lowest BCUT2D eigenvalue weighted by Gasteiger charge is -2.34. The van der Waals surface area contributed by atoms with Gasteiger partial charge in [0, 0.05) is 0 Å². The van der Waals surface area contributed by atoms with Crippen LogP contribution in [0.15, 0.2) is 24.3 Å². The molecule has 1 aromatic carbocycles. The number of hydrogen-bond acceptors (Lipinski definition) is 2. The highest BCUT2D eigenvalue weighted by molar-refractivity contribution is 5.29. The molecule has 0 heterocycles. The van der Waals surface area contributed by atoms with Crippen LogP contribution in [0.4, 0.5) is 8.78 Å². The lowest BCUT2D eigenvalue weighted by molar-refractivity contribution is -0.0498. The third-order valence-electron chi connectivity index (χ3n) is 4.34. The van der Waals surface area contributed by atoms with E-state index in [2.05, 4.69) is 11.7 Å². The van der Waals surface area contributed by atoms with E-state index >= 15 is 0 Å². The maximum Gasteiger partial charge on any atom is 0.387 e. The van der Waals surface area contributed by atoms with E-state index in [0.717, 1.165) is 24.8 Å². The van der Waals surface area contributed by atoms with Crippen LogP contribution in [0.25, 0.3) is 0 Å². The smallest absolute Gasteiger partial charge is 0.387 e. The van der Waals surface area contributed by atoms with E-state index in [4.69, 9.17) is 0 Å². The first-order valence-electron chi connectivity index (χ1n) is 7.34. The summed E-state index contributed by atoms with van der Waals surface area (Å²) >= 11 is 0. The summed E-state index contributed by atoms with van der Waals surface area (Å²) < 4.78 is 28.5. The largest absolute Gasteiger partial charge is 0.435 e. The van der Waals surface area contributed by atoms with Crippen LogP contribution < -0.4 is 4.74 Å². The van der Waals surface area contributed by atoms with Crippen LogP contribution in [0.1, 0.15) is 50.7 Å². The Morgan fingerprint density at radius 2 is 1.85 bits per heavy atom.